The quantitative estimate of drug-likeness (QED) is 0.633. The molecule has 0 rings (SSSR count). The zero-order valence-electron chi connectivity index (χ0n) is 10.3. The fourth-order valence-corrected chi connectivity index (χ4v) is 6.05. The Morgan fingerprint density at radius 1 is 0.923 bits per heavy atom. The highest BCUT2D eigenvalue weighted by Crippen LogP contribution is 2.52. The second kappa shape index (κ2) is 4.40. The zero-order chi connectivity index (χ0) is 10.9. The first kappa shape index (κ1) is 14.2. The van der Waals surface area contributed by atoms with Crippen molar-refractivity contribution in [1.29, 1.82) is 0 Å². The molecule has 1 atom stereocenters. The van der Waals surface area contributed by atoms with E-state index in [4.69, 9.17) is 0 Å². The first-order valence-electron chi connectivity index (χ1n) is 5.08. The van der Waals surface area contributed by atoms with E-state index in [1.54, 1.807) is 0 Å². The van der Waals surface area contributed by atoms with Gasteiger partial charge in [0.25, 0.3) is 0 Å². The summed E-state index contributed by atoms with van der Waals surface area (Å²) in [6, 6.07) is 0. The molecule has 0 aromatic carbocycles. The third-order valence-corrected chi connectivity index (χ3v) is 8.64. The van der Waals surface area contributed by atoms with Gasteiger partial charge in [-0.1, -0.05) is 60.3 Å². The molecular weight excluding hydrogens is 236 g/mol. The third kappa shape index (κ3) is 4.52. The number of halogens is 1. The standard InChI is InChI=1S/C11H23.BrH.Mg/c1-9(11(5,6)7)8-10(2,3)4;;/h8H2,1-7H3;1H;/q;;+1/p-1. The van der Waals surface area contributed by atoms with Gasteiger partial charge >= 0.3 is 18.2 Å². The van der Waals surface area contributed by atoms with E-state index in [0.29, 0.717) is 14.4 Å². The van der Waals surface area contributed by atoms with E-state index in [9.17, 15) is 0 Å². The fourth-order valence-electron chi connectivity index (χ4n) is 1.68. The molecule has 0 aromatic rings. The van der Waals surface area contributed by atoms with E-state index in [2.05, 4.69) is 61.3 Å². The highest BCUT2D eigenvalue weighted by molar-refractivity contribution is 9.23. The highest BCUT2D eigenvalue weighted by atomic mass is 79.9. The van der Waals surface area contributed by atoms with Crippen molar-refractivity contribution in [1.82, 2.24) is 0 Å². The van der Waals surface area contributed by atoms with Crippen LogP contribution in [0, 0.1) is 10.8 Å². The lowest BCUT2D eigenvalue weighted by molar-refractivity contribution is 0.198. The summed E-state index contributed by atoms with van der Waals surface area (Å²) >= 11 is 3.66. The average molecular weight is 260 g/mol. The minimum atomic E-state index is -0.140. The molecule has 0 aliphatic heterocycles. The molecule has 0 aliphatic rings. The van der Waals surface area contributed by atoms with Crippen LogP contribution in [0.5, 0.6) is 0 Å². The van der Waals surface area contributed by atoms with Crippen LogP contribution < -0.4 is 0 Å². The Labute approximate surface area is 99.8 Å². The maximum absolute atomic E-state index is 3.80. The molecule has 0 saturated carbocycles. The molecule has 13 heavy (non-hydrogen) atoms. The normalized spacial score (nSPS) is 17.8. The monoisotopic (exact) mass is 258 g/mol. The molecule has 0 aliphatic carbocycles. The van der Waals surface area contributed by atoms with Gasteiger partial charge in [-0.3, -0.25) is 0 Å². The van der Waals surface area contributed by atoms with Gasteiger partial charge in [-0.05, 0) is 5.41 Å². The maximum atomic E-state index is 3.80. The second-order valence-electron chi connectivity index (χ2n) is 6.68. The van der Waals surface area contributed by atoms with Crippen LogP contribution in [0.1, 0.15) is 54.9 Å². The summed E-state index contributed by atoms with van der Waals surface area (Å²) in [5.41, 5.74) is 0.874. The van der Waals surface area contributed by atoms with Crippen LogP contribution in [0.25, 0.3) is 0 Å². The van der Waals surface area contributed by atoms with Gasteiger partial charge in [0.05, 0.1) is 0 Å². The van der Waals surface area contributed by atoms with E-state index in [-0.39, 0.29) is 18.2 Å². The van der Waals surface area contributed by atoms with Crippen molar-refractivity contribution in [3.8, 4) is 0 Å². The molecule has 0 radical (unpaired) electrons. The van der Waals surface area contributed by atoms with Crippen LogP contribution in [-0.4, -0.2) is 18.2 Å². The molecular formula is C11H23BrMg. The Balaban J connectivity index is 4.67. The molecule has 0 N–H and O–H groups in total. The Kier molecular flexibility index (Phi) is 4.82. The van der Waals surface area contributed by atoms with E-state index >= 15 is 0 Å². The average Bonchev–Trinajstić information content (AvgIpc) is 1.81. The number of rotatable bonds is 2. The van der Waals surface area contributed by atoms with Crippen molar-refractivity contribution in [2.75, 3.05) is 0 Å². The molecule has 2 heteroatoms. The second-order valence-corrected chi connectivity index (χ2v) is 10.2. The van der Waals surface area contributed by atoms with Crippen molar-refractivity contribution in [3.63, 3.8) is 0 Å². The van der Waals surface area contributed by atoms with Crippen molar-refractivity contribution in [3.05, 3.63) is 0 Å². The Morgan fingerprint density at radius 3 is 1.38 bits per heavy atom. The van der Waals surface area contributed by atoms with E-state index in [1.165, 1.54) is 6.42 Å². The minimum Gasteiger partial charge on any atom is -0.306 e. The summed E-state index contributed by atoms with van der Waals surface area (Å²) in [4.78, 5) is 0. The Morgan fingerprint density at radius 2 is 1.31 bits per heavy atom. The van der Waals surface area contributed by atoms with Crippen molar-refractivity contribution < 1.29 is 0 Å². The molecule has 0 amide bonds. The van der Waals surface area contributed by atoms with E-state index in [0.717, 1.165) is 0 Å². The lowest BCUT2D eigenvalue weighted by atomic mass is 9.72. The van der Waals surface area contributed by atoms with Crippen LogP contribution in [0.3, 0.4) is 0 Å². The van der Waals surface area contributed by atoms with Gasteiger partial charge in [0.1, 0.15) is 0 Å². The minimum absolute atomic E-state index is 0.140. The SMILES string of the molecule is CC(C)(C)C[C](C)([Mg][Br])C(C)(C)C. The van der Waals surface area contributed by atoms with Gasteiger partial charge in [-0.2, -0.15) is 0 Å². The van der Waals surface area contributed by atoms with Crippen LogP contribution in [0.2, 0.25) is 3.54 Å². The van der Waals surface area contributed by atoms with Crippen LogP contribution in [0.15, 0.2) is 0 Å². The smallest absolute Gasteiger partial charge is 0.306 e. The molecule has 0 bridgehead atoms. The van der Waals surface area contributed by atoms with Crippen molar-refractivity contribution in [2.24, 2.45) is 10.8 Å². The van der Waals surface area contributed by atoms with Gasteiger partial charge in [-0.25, -0.2) is 0 Å². The first-order chi connectivity index (χ1) is 5.52. The van der Waals surface area contributed by atoms with Gasteiger partial charge in [0.15, 0.2) is 0 Å². The van der Waals surface area contributed by atoms with E-state index < -0.39 is 0 Å². The predicted molar refractivity (Wildman–Crippen MR) is 66.6 cm³/mol. The zero-order valence-corrected chi connectivity index (χ0v) is 13.3. The largest absolute Gasteiger partial charge is 0.475 e. The molecule has 1 unspecified atom stereocenters. The molecule has 0 heterocycles. The Hall–Kier alpha value is 1.25. The Bertz CT molecular complexity index is 164. The summed E-state index contributed by atoms with van der Waals surface area (Å²) in [6.07, 6.45) is 1.32. The molecule has 76 valence electrons. The summed E-state index contributed by atoms with van der Waals surface area (Å²) in [5.74, 6) is 0. The van der Waals surface area contributed by atoms with Crippen molar-refractivity contribution in [2.45, 2.75) is 58.4 Å². The number of hydrogen-bond acceptors (Lipinski definition) is 0. The van der Waals surface area contributed by atoms with Crippen LogP contribution in [-0.2, 0) is 0 Å². The third-order valence-electron chi connectivity index (χ3n) is 3.03. The lowest BCUT2D eigenvalue weighted by Gasteiger charge is -2.45. The lowest BCUT2D eigenvalue weighted by Crippen LogP contribution is -2.33. The van der Waals surface area contributed by atoms with Crippen molar-refractivity contribution >= 4 is 31.1 Å². The van der Waals surface area contributed by atoms with Gasteiger partial charge in [0.2, 0.25) is 0 Å². The van der Waals surface area contributed by atoms with Gasteiger partial charge in [-0.15, -0.1) is 3.54 Å². The van der Waals surface area contributed by atoms with Gasteiger partial charge < -0.3 is 12.9 Å². The predicted octanol–water partition coefficient (Wildman–Crippen LogP) is 4.66. The summed E-state index contributed by atoms with van der Waals surface area (Å²) in [6.45, 7) is 16.6. The number of hydrogen-bond donors (Lipinski definition) is 0. The van der Waals surface area contributed by atoms with E-state index in [1.807, 2.05) is 0 Å². The molecule has 0 saturated heterocycles. The molecule has 0 fully saturated rings. The van der Waals surface area contributed by atoms with Crippen LogP contribution >= 0.6 is 12.9 Å². The fraction of sp³-hybridized carbons (Fsp3) is 1.00. The molecule has 0 nitrogen and oxygen atoms in total. The summed E-state index contributed by atoms with van der Waals surface area (Å²) in [5, 5.41) is 0. The molecule has 0 spiro atoms. The maximum Gasteiger partial charge on any atom is 0.475 e. The molecule has 0 aromatic heterocycles. The van der Waals surface area contributed by atoms with Crippen LogP contribution in [0.4, 0.5) is 0 Å². The summed E-state index contributed by atoms with van der Waals surface area (Å²) < 4.78 is 0.519. The summed E-state index contributed by atoms with van der Waals surface area (Å²) in [7, 11) is 0. The highest BCUT2D eigenvalue weighted by Gasteiger charge is 2.40. The topological polar surface area (TPSA) is 0 Å². The first-order valence-corrected chi connectivity index (χ1v) is 9.68. The van der Waals surface area contributed by atoms with Gasteiger partial charge in [0, 0.05) is 0 Å².